The molecule has 1 N–H and O–H groups in total. The van der Waals surface area contributed by atoms with Gasteiger partial charge in [-0.05, 0) is 43.7 Å². The molecule has 22 heavy (non-hydrogen) atoms. The Balaban J connectivity index is 1.96. The topological polar surface area (TPSA) is 32.3 Å². The predicted molar refractivity (Wildman–Crippen MR) is 87.1 cm³/mol. The van der Waals surface area contributed by atoms with Crippen LogP contribution in [0, 0.1) is 12.7 Å². The first-order valence-electron chi connectivity index (χ1n) is 7.28. The van der Waals surface area contributed by atoms with Crippen molar-refractivity contribution in [3.63, 3.8) is 0 Å². The summed E-state index contributed by atoms with van der Waals surface area (Å²) in [6.45, 7) is 4.23. The Morgan fingerprint density at radius 2 is 1.91 bits per heavy atom. The fourth-order valence-corrected chi connectivity index (χ4v) is 2.28. The van der Waals surface area contributed by atoms with Gasteiger partial charge in [0.2, 0.25) is 5.91 Å². The quantitative estimate of drug-likeness (QED) is 0.915. The van der Waals surface area contributed by atoms with Crippen LogP contribution in [0.15, 0.2) is 48.5 Å². The maximum absolute atomic E-state index is 13.2. The van der Waals surface area contributed by atoms with Gasteiger partial charge in [-0.25, -0.2) is 4.39 Å². The summed E-state index contributed by atoms with van der Waals surface area (Å²) >= 11 is 0. The number of nitrogens with zero attached hydrogens (tertiary/aromatic N) is 1. The normalized spacial score (nSPS) is 11.8. The van der Waals surface area contributed by atoms with E-state index in [1.807, 2.05) is 44.2 Å². The average Bonchev–Trinajstić information content (AvgIpc) is 2.48. The SMILES string of the molecule is Cc1ccc(NC(C)C(=O)N(C)Cc2cccc(F)c2)cc1. The molecule has 2 aromatic rings. The molecule has 1 atom stereocenters. The number of carbonyl (C=O) groups excluding carboxylic acids is 1. The number of nitrogens with one attached hydrogen (secondary N) is 1. The Kier molecular flexibility index (Phi) is 5.15. The number of carbonyl (C=O) groups is 1. The van der Waals surface area contributed by atoms with Crippen LogP contribution in [-0.4, -0.2) is 23.9 Å². The maximum Gasteiger partial charge on any atom is 0.244 e. The second kappa shape index (κ2) is 7.07. The molecule has 4 heteroatoms. The van der Waals surface area contributed by atoms with E-state index in [4.69, 9.17) is 0 Å². The van der Waals surface area contributed by atoms with Gasteiger partial charge in [-0.2, -0.15) is 0 Å². The largest absolute Gasteiger partial charge is 0.374 e. The van der Waals surface area contributed by atoms with Gasteiger partial charge in [0.15, 0.2) is 0 Å². The zero-order valence-corrected chi connectivity index (χ0v) is 13.1. The zero-order chi connectivity index (χ0) is 16.1. The maximum atomic E-state index is 13.2. The van der Waals surface area contributed by atoms with Crippen molar-refractivity contribution in [3.8, 4) is 0 Å². The lowest BCUT2D eigenvalue weighted by molar-refractivity contribution is -0.130. The molecule has 1 unspecified atom stereocenters. The summed E-state index contributed by atoms with van der Waals surface area (Å²) < 4.78 is 13.2. The third kappa shape index (κ3) is 4.32. The lowest BCUT2D eigenvalue weighted by Gasteiger charge is -2.23. The van der Waals surface area contributed by atoms with Crippen LogP contribution in [0.4, 0.5) is 10.1 Å². The smallest absolute Gasteiger partial charge is 0.244 e. The van der Waals surface area contributed by atoms with E-state index >= 15 is 0 Å². The Morgan fingerprint density at radius 1 is 1.23 bits per heavy atom. The Bertz CT molecular complexity index is 640. The first kappa shape index (κ1) is 16.0. The second-order valence-electron chi connectivity index (χ2n) is 5.56. The van der Waals surface area contributed by atoms with Crippen LogP contribution in [0.3, 0.4) is 0 Å². The van der Waals surface area contributed by atoms with Gasteiger partial charge in [0.25, 0.3) is 0 Å². The summed E-state index contributed by atoms with van der Waals surface area (Å²) in [5, 5.41) is 3.18. The third-order valence-electron chi connectivity index (χ3n) is 3.49. The molecule has 0 heterocycles. The predicted octanol–water partition coefficient (Wildman–Crippen LogP) is 3.59. The van der Waals surface area contributed by atoms with Crippen molar-refractivity contribution in [2.75, 3.05) is 12.4 Å². The number of hydrogen-bond acceptors (Lipinski definition) is 2. The molecule has 0 bridgehead atoms. The van der Waals surface area contributed by atoms with E-state index in [9.17, 15) is 9.18 Å². The van der Waals surface area contributed by atoms with Gasteiger partial charge in [0, 0.05) is 19.3 Å². The molecule has 0 aliphatic heterocycles. The van der Waals surface area contributed by atoms with Crippen molar-refractivity contribution in [3.05, 3.63) is 65.5 Å². The zero-order valence-electron chi connectivity index (χ0n) is 13.1. The van der Waals surface area contributed by atoms with Crippen molar-refractivity contribution in [2.45, 2.75) is 26.4 Å². The molecule has 0 spiro atoms. The first-order chi connectivity index (χ1) is 10.5. The van der Waals surface area contributed by atoms with E-state index in [1.54, 1.807) is 18.0 Å². The molecule has 0 saturated carbocycles. The second-order valence-corrected chi connectivity index (χ2v) is 5.56. The molecule has 0 aromatic heterocycles. The minimum Gasteiger partial charge on any atom is -0.374 e. The molecule has 3 nitrogen and oxygen atoms in total. The highest BCUT2D eigenvalue weighted by molar-refractivity contribution is 5.84. The molecular weight excluding hydrogens is 279 g/mol. The number of anilines is 1. The highest BCUT2D eigenvalue weighted by atomic mass is 19.1. The van der Waals surface area contributed by atoms with E-state index < -0.39 is 0 Å². The monoisotopic (exact) mass is 300 g/mol. The number of likely N-dealkylation sites (N-methyl/N-ethyl adjacent to an activating group) is 1. The van der Waals surface area contributed by atoms with Crippen LogP contribution in [0.5, 0.6) is 0 Å². The Morgan fingerprint density at radius 3 is 2.55 bits per heavy atom. The van der Waals surface area contributed by atoms with Gasteiger partial charge in [0.1, 0.15) is 11.9 Å². The van der Waals surface area contributed by atoms with Crippen molar-refractivity contribution in [2.24, 2.45) is 0 Å². The summed E-state index contributed by atoms with van der Waals surface area (Å²) in [7, 11) is 1.72. The van der Waals surface area contributed by atoms with Crippen LogP contribution in [-0.2, 0) is 11.3 Å². The fraction of sp³-hybridized carbons (Fsp3) is 0.278. The van der Waals surface area contributed by atoms with Gasteiger partial charge < -0.3 is 10.2 Å². The van der Waals surface area contributed by atoms with E-state index in [1.165, 1.54) is 17.7 Å². The van der Waals surface area contributed by atoms with Crippen molar-refractivity contribution < 1.29 is 9.18 Å². The summed E-state index contributed by atoms with van der Waals surface area (Å²) in [5.41, 5.74) is 2.86. The number of rotatable bonds is 5. The molecule has 1 amide bonds. The number of hydrogen-bond donors (Lipinski definition) is 1. The first-order valence-corrected chi connectivity index (χ1v) is 7.28. The summed E-state index contributed by atoms with van der Waals surface area (Å²) in [6, 6.07) is 13.8. The van der Waals surface area contributed by atoms with E-state index in [0.29, 0.717) is 6.54 Å². The van der Waals surface area contributed by atoms with Crippen LogP contribution in [0.1, 0.15) is 18.1 Å². The lowest BCUT2D eigenvalue weighted by atomic mass is 10.2. The number of amides is 1. The van der Waals surface area contributed by atoms with E-state index in [-0.39, 0.29) is 17.8 Å². The minimum atomic E-state index is -0.346. The lowest BCUT2D eigenvalue weighted by Crippen LogP contribution is -2.38. The fourth-order valence-electron chi connectivity index (χ4n) is 2.28. The molecule has 2 rings (SSSR count). The Hall–Kier alpha value is -2.36. The van der Waals surface area contributed by atoms with Gasteiger partial charge in [-0.3, -0.25) is 4.79 Å². The highest BCUT2D eigenvalue weighted by Gasteiger charge is 2.17. The third-order valence-corrected chi connectivity index (χ3v) is 3.49. The van der Waals surface area contributed by atoms with Crippen molar-refractivity contribution in [1.29, 1.82) is 0 Å². The van der Waals surface area contributed by atoms with Gasteiger partial charge in [-0.1, -0.05) is 29.8 Å². The molecule has 0 aliphatic carbocycles. The van der Waals surface area contributed by atoms with Crippen LogP contribution >= 0.6 is 0 Å². The van der Waals surface area contributed by atoms with Gasteiger partial charge >= 0.3 is 0 Å². The molecule has 0 saturated heterocycles. The molecule has 0 radical (unpaired) electrons. The van der Waals surface area contributed by atoms with Crippen molar-refractivity contribution >= 4 is 11.6 Å². The summed E-state index contributed by atoms with van der Waals surface area (Å²) in [5.74, 6) is -0.325. The van der Waals surface area contributed by atoms with Gasteiger partial charge in [-0.15, -0.1) is 0 Å². The number of benzene rings is 2. The van der Waals surface area contributed by atoms with Crippen LogP contribution < -0.4 is 5.32 Å². The molecule has 2 aromatic carbocycles. The van der Waals surface area contributed by atoms with Crippen LogP contribution in [0.2, 0.25) is 0 Å². The van der Waals surface area contributed by atoms with Crippen LogP contribution in [0.25, 0.3) is 0 Å². The summed E-state index contributed by atoms with van der Waals surface area (Å²) in [4.78, 5) is 14.0. The highest BCUT2D eigenvalue weighted by Crippen LogP contribution is 2.12. The number of aryl methyl sites for hydroxylation is 1. The van der Waals surface area contributed by atoms with E-state index in [0.717, 1.165) is 11.3 Å². The molecular formula is C18H21FN2O. The Labute approximate surface area is 130 Å². The minimum absolute atomic E-state index is 0.0372. The van der Waals surface area contributed by atoms with Crippen molar-refractivity contribution in [1.82, 2.24) is 4.90 Å². The summed E-state index contributed by atoms with van der Waals surface area (Å²) in [6.07, 6.45) is 0. The number of halogens is 1. The van der Waals surface area contributed by atoms with E-state index in [2.05, 4.69) is 5.32 Å². The van der Waals surface area contributed by atoms with Gasteiger partial charge in [0.05, 0.1) is 0 Å². The molecule has 0 aliphatic rings. The molecule has 116 valence electrons. The molecule has 0 fully saturated rings. The average molecular weight is 300 g/mol. The standard InChI is InChI=1S/C18H21FN2O/c1-13-7-9-17(10-8-13)20-14(2)18(22)21(3)12-15-5-4-6-16(19)11-15/h4-11,14,20H,12H2,1-3H3.